The maximum absolute atomic E-state index is 13.4. The summed E-state index contributed by atoms with van der Waals surface area (Å²) in [4.78, 5) is 36.5. The minimum Gasteiger partial charge on any atom is -0.368 e. The van der Waals surface area contributed by atoms with Gasteiger partial charge in [-0.2, -0.15) is 5.10 Å². The number of carbonyl (C=O) groups excluding carboxylic acids is 2. The van der Waals surface area contributed by atoms with Crippen molar-refractivity contribution in [1.82, 2.24) is 25.1 Å². The van der Waals surface area contributed by atoms with Crippen molar-refractivity contribution in [3.05, 3.63) is 58.4 Å². The first-order valence-corrected chi connectivity index (χ1v) is 12.1. The molecule has 5 rings (SSSR count). The van der Waals surface area contributed by atoms with Crippen molar-refractivity contribution in [2.45, 2.75) is 57.4 Å². The molecular weight excluding hydrogens is 442 g/mol. The molecule has 1 aromatic carbocycles. The molecule has 5 N–H and O–H groups in total. The van der Waals surface area contributed by atoms with E-state index in [0.717, 1.165) is 35.1 Å². The van der Waals surface area contributed by atoms with Gasteiger partial charge in [0.1, 0.15) is 11.4 Å². The predicted octanol–water partition coefficient (Wildman–Crippen LogP) is 2.20. The minimum absolute atomic E-state index is 0.0502. The molecule has 1 aliphatic carbocycles. The van der Waals surface area contributed by atoms with E-state index < -0.39 is 0 Å². The van der Waals surface area contributed by atoms with Crippen LogP contribution in [0.5, 0.6) is 0 Å². The zero-order chi connectivity index (χ0) is 24.7. The molecule has 0 atom stereocenters. The number of nitrogens with one attached hydrogen (secondary N) is 1. The van der Waals surface area contributed by atoms with Crippen LogP contribution in [0.15, 0.2) is 30.5 Å². The fraction of sp³-hybridized carbons (Fsp3) is 0.423. The zero-order valence-electron chi connectivity index (χ0n) is 20.2. The summed E-state index contributed by atoms with van der Waals surface area (Å²) in [5, 5.41) is 7.43. The van der Waals surface area contributed by atoms with E-state index in [2.05, 4.69) is 34.0 Å². The van der Waals surface area contributed by atoms with Crippen molar-refractivity contribution in [3.63, 3.8) is 0 Å². The Kier molecular flexibility index (Phi) is 5.88. The second kappa shape index (κ2) is 8.88. The summed E-state index contributed by atoms with van der Waals surface area (Å²) in [5.74, 6) is 0.236. The molecule has 1 saturated heterocycles. The lowest BCUT2D eigenvalue weighted by molar-refractivity contribution is -0.131. The number of amides is 1. The number of benzene rings is 1. The molecule has 0 spiro atoms. The average molecular weight is 474 g/mol. The van der Waals surface area contributed by atoms with Gasteiger partial charge in [0.25, 0.3) is 0 Å². The van der Waals surface area contributed by atoms with Gasteiger partial charge in [0.2, 0.25) is 11.9 Å². The third-order valence-electron chi connectivity index (χ3n) is 7.07. The van der Waals surface area contributed by atoms with Crippen LogP contribution in [0.25, 0.3) is 11.4 Å². The summed E-state index contributed by atoms with van der Waals surface area (Å²) in [6.07, 6.45) is 4.65. The average Bonchev–Trinajstić information content (AvgIpc) is 3.27. The fourth-order valence-electron chi connectivity index (χ4n) is 5.25. The number of anilines is 1. The quantitative estimate of drug-likeness (QED) is 0.482. The number of nitrogens with two attached hydrogens (primary N) is 2. The molecule has 1 aliphatic heterocycles. The molecule has 0 bridgehead atoms. The first-order valence-electron chi connectivity index (χ1n) is 12.1. The van der Waals surface area contributed by atoms with Crippen molar-refractivity contribution in [2.24, 2.45) is 5.73 Å². The molecule has 1 fully saturated rings. The van der Waals surface area contributed by atoms with Crippen molar-refractivity contribution in [3.8, 4) is 11.4 Å². The van der Waals surface area contributed by atoms with E-state index in [-0.39, 0.29) is 35.5 Å². The number of nitrogens with zero attached hydrogens (tertiary/aromatic N) is 4. The first-order chi connectivity index (χ1) is 16.7. The van der Waals surface area contributed by atoms with Crippen molar-refractivity contribution < 1.29 is 9.59 Å². The molecule has 3 aromatic rings. The topological polar surface area (TPSA) is 144 Å². The van der Waals surface area contributed by atoms with Crippen molar-refractivity contribution >= 4 is 17.6 Å². The van der Waals surface area contributed by atoms with Gasteiger partial charge < -0.3 is 16.4 Å². The van der Waals surface area contributed by atoms with E-state index in [1.807, 2.05) is 29.2 Å². The van der Waals surface area contributed by atoms with E-state index in [1.54, 1.807) is 6.20 Å². The largest absolute Gasteiger partial charge is 0.368 e. The van der Waals surface area contributed by atoms with Gasteiger partial charge in [0.05, 0.1) is 12.1 Å². The third-order valence-corrected chi connectivity index (χ3v) is 7.07. The number of likely N-dealkylation sites (tertiary alicyclic amines) is 1. The molecule has 1 amide bonds. The SMILES string of the molecule is CC1(C)Cc2cnc(N)nc2-c2n[nH]c(C(=O)Cc3cccc(CC(=O)N4CCC(N)CC4)c3)c21. The van der Waals surface area contributed by atoms with E-state index in [1.165, 1.54) is 0 Å². The highest BCUT2D eigenvalue weighted by Gasteiger charge is 2.38. The Morgan fingerprint density at radius 2 is 1.86 bits per heavy atom. The number of carbonyl (C=O) groups is 2. The molecule has 0 radical (unpaired) electrons. The number of aromatic nitrogens is 4. The summed E-state index contributed by atoms with van der Waals surface area (Å²) in [7, 11) is 0. The van der Waals surface area contributed by atoms with Gasteiger partial charge in [0.15, 0.2) is 5.78 Å². The van der Waals surface area contributed by atoms with Crippen LogP contribution in [0.1, 0.15) is 59.4 Å². The molecule has 9 nitrogen and oxygen atoms in total. The Bertz CT molecular complexity index is 1290. The molecular formula is C26H31N7O2. The normalized spacial score (nSPS) is 17.1. The lowest BCUT2D eigenvalue weighted by Crippen LogP contribution is -2.43. The third kappa shape index (κ3) is 4.55. The van der Waals surface area contributed by atoms with Gasteiger partial charge in [-0.1, -0.05) is 38.1 Å². The van der Waals surface area contributed by atoms with Crippen LogP contribution in [0.2, 0.25) is 0 Å². The molecule has 0 unspecified atom stereocenters. The van der Waals surface area contributed by atoms with Crippen LogP contribution in [0.3, 0.4) is 0 Å². The Morgan fingerprint density at radius 1 is 1.14 bits per heavy atom. The lowest BCUT2D eigenvalue weighted by atomic mass is 9.72. The van der Waals surface area contributed by atoms with Gasteiger partial charge in [-0.15, -0.1) is 0 Å². The van der Waals surface area contributed by atoms with Gasteiger partial charge >= 0.3 is 0 Å². The maximum atomic E-state index is 13.4. The van der Waals surface area contributed by atoms with Crippen LogP contribution >= 0.6 is 0 Å². The summed E-state index contributed by atoms with van der Waals surface area (Å²) in [5.41, 5.74) is 16.9. The van der Waals surface area contributed by atoms with E-state index in [0.29, 0.717) is 43.0 Å². The van der Waals surface area contributed by atoms with Crippen LogP contribution in [0, 0.1) is 0 Å². The maximum Gasteiger partial charge on any atom is 0.226 e. The molecule has 182 valence electrons. The van der Waals surface area contributed by atoms with Crippen LogP contribution < -0.4 is 11.5 Å². The highest BCUT2D eigenvalue weighted by atomic mass is 16.2. The number of Topliss-reactive ketones (excluding diaryl/α,β-unsaturated/α-hetero) is 1. The number of rotatable bonds is 5. The van der Waals surface area contributed by atoms with E-state index >= 15 is 0 Å². The van der Waals surface area contributed by atoms with Gasteiger partial charge in [-0.25, -0.2) is 9.97 Å². The van der Waals surface area contributed by atoms with Gasteiger partial charge in [-0.05, 0) is 41.4 Å². The molecule has 2 aromatic heterocycles. The van der Waals surface area contributed by atoms with Crippen molar-refractivity contribution in [1.29, 1.82) is 0 Å². The summed E-state index contributed by atoms with van der Waals surface area (Å²) >= 11 is 0. The molecule has 9 heteroatoms. The standard InChI is InChI=1S/C26H31N7O2/c1-26(2)13-17-14-29-25(28)30-22(17)24-21(26)23(31-32-24)19(34)11-15-4-3-5-16(10-15)12-20(35)33-8-6-18(27)7-9-33/h3-5,10,14,18H,6-9,11-13,27H2,1-2H3,(H,31,32)(H2,28,29,30). The number of fused-ring (bicyclic) bond motifs is 3. The highest BCUT2D eigenvalue weighted by Crippen LogP contribution is 2.42. The molecule has 3 heterocycles. The Balaban J connectivity index is 1.35. The van der Waals surface area contributed by atoms with Gasteiger partial charge in [0, 0.05) is 37.3 Å². The second-order valence-electron chi connectivity index (χ2n) is 10.3. The van der Waals surface area contributed by atoms with E-state index in [4.69, 9.17) is 11.5 Å². The number of aromatic amines is 1. The monoisotopic (exact) mass is 473 g/mol. The highest BCUT2D eigenvalue weighted by molar-refractivity contribution is 5.99. The van der Waals surface area contributed by atoms with E-state index in [9.17, 15) is 9.59 Å². The summed E-state index contributed by atoms with van der Waals surface area (Å²) in [6, 6.07) is 7.89. The number of hydrogen-bond acceptors (Lipinski definition) is 7. The Hall–Kier alpha value is -3.59. The van der Waals surface area contributed by atoms with Crippen LogP contribution in [-0.4, -0.2) is 55.9 Å². The molecule has 2 aliphatic rings. The fourth-order valence-corrected chi connectivity index (χ4v) is 5.25. The molecule has 35 heavy (non-hydrogen) atoms. The Morgan fingerprint density at radius 3 is 2.60 bits per heavy atom. The van der Waals surface area contributed by atoms with Crippen molar-refractivity contribution in [2.75, 3.05) is 18.8 Å². The second-order valence-corrected chi connectivity index (χ2v) is 10.3. The zero-order valence-corrected chi connectivity index (χ0v) is 20.2. The number of hydrogen-bond donors (Lipinski definition) is 3. The van der Waals surface area contributed by atoms with Crippen LogP contribution in [-0.2, 0) is 29.5 Å². The molecule has 0 saturated carbocycles. The first kappa shape index (κ1) is 23.2. The summed E-state index contributed by atoms with van der Waals surface area (Å²) < 4.78 is 0. The number of H-pyrrole nitrogens is 1. The number of ketones is 1. The van der Waals surface area contributed by atoms with Crippen LogP contribution in [0.4, 0.5) is 5.95 Å². The minimum atomic E-state index is -0.314. The lowest BCUT2D eigenvalue weighted by Gasteiger charge is -2.31. The Labute approximate surface area is 204 Å². The summed E-state index contributed by atoms with van der Waals surface area (Å²) in [6.45, 7) is 5.60. The predicted molar refractivity (Wildman–Crippen MR) is 133 cm³/mol. The number of piperidine rings is 1. The van der Waals surface area contributed by atoms with Gasteiger partial charge in [-0.3, -0.25) is 14.7 Å². The number of nitrogen functional groups attached to an aromatic ring is 1. The smallest absolute Gasteiger partial charge is 0.226 e.